The predicted molar refractivity (Wildman–Crippen MR) is 106 cm³/mol. The zero-order valence-corrected chi connectivity index (χ0v) is 16.6. The van der Waals surface area contributed by atoms with Crippen LogP contribution in [-0.4, -0.2) is 26.1 Å². The zero-order chi connectivity index (χ0) is 20.6. The lowest BCUT2D eigenvalue weighted by atomic mass is 9.74. The minimum Gasteiger partial charge on any atom is -0.368 e. The van der Waals surface area contributed by atoms with Gasteiger partial charge in [-0.05, 0) is 60.4 Å². The highest BCUT2D eigenvalue weighted by molar-refractivity contribution is 6.28. The van der Waals surface area contributed by atoms with E-state index < -0.39 is 11.7 Å². The molecule has 0 spiro atoms. The molecule has 5 nitrogen and oxygen atoms in total. The second kappa shape index (κ2) is 7.82. The molecule has 1 fully saturated rings. The highest BCUT2D eigenvalue weighted by atomic mass is 35.5. The molecular formula is C20H21ClF3N5. The van der Waals surface area contributed by atoms with Crippen molar-refractivity contribution >= 4 is 28.6 Å². The smallest absolute Gasteiger partial charge is 0.368 e. The average molecular weight is 424 g/mol. The van der Waals surface area contributed by atoms with Gasteiger partial charge in [-0.25, -0.2) is 4.98 Å². The Balaban J connectivity index is 1.53. The number of nitrogens with zero attached hydrogens (tertiary/aromatic N) is 4. The minimum absolute atomic E-state index is 0.108. The van der Waals surface area contributed by atoms with Crippen LogP contribution in [0.2, 0.25) is 5.28 Å². The number of aromatic nitrogens is 4. The maximum Gasteiger partial charge on any atom is 0.416 e. The van der Waals surface area contributed by atoms with Gasteiger partial charge in [0.25, 0.3) is 0 Å². The number of rotatable bonds is 6. The van der Waals surface area contributed by atoms with Gasteiger partial charge < -0.3 is 9.88 Å². The van der Waals surface area contributed by atoms with Crippen LogP contribution in [0.1, 0.15) is 37.3 Å². The van der Waals surface area contributed by atoms with E-state index in [0.717, 1.165) is 42.5 Å². The molecule has 0 unspecified atom stereocenters. The van der Waals surface area contributed by atoms with Gasteiger partial charge in [0, 0.05) is 13.1 Å². The fourth-order valence-electron chi connectivity index (χ4n) is 3.89. The molecule has 0 radical (unpaired) electrons. The van der Waals surface area contributed by atoms with Crippen LogP contribution in [-0.2, 0) is 12.7 Å². The number of anilines is 1. The number of halogens is 4. The summed E-state index contributed by atoms with van der Waals surface area (Å²) in [6.07, 6.45) is 0.827. The molecule has 0 atom stereocenters. The number of hydrogen-bond donors (Lipinski definition) is 1. The van der Waals surface area contributed by atoms with Crippen molar-refractivity contribution in [3.63, 3.8) is 0 Å². The number of hydrogen-bond acceptors (Lipinski definition) is 4. The highest BCUT2D eigenvalue weighted by Gasteiger charge is 2.30. The Labute approximate surface area is 171 Å². The first kappa shape index (κ1) is 19.9. The lowest BCUT2D eigenvalue weighted by Gasteiger charge is -2.32. The third-order valence-corrected chi connectivity index (χ3v) is 5.56. The van der Waals surface area contributed by atoms with Gasteiger partial charge in [-0.1, -0.05) is 19.1 Å². The number of imidazole rings is 1. The maximum atomic E-state index is 12.8. The van der Waals surface area contributed by atoms with E-state index in [1.54, 1.807) is 6.33 Å². The van der Waals surface area contributed by atoms with E-state index in [1.807, 2.05) is 4.57 Å². The summed E-state index contributed by atoms with van der Waals surface area (Å²) in [5, 5.41) is 3.45. The molecule has 1 aliphatic rings. The molecule has 4 rings (SSSR count). The van der Waals surface area contributed by atoms with Crippen molar-refractivity contribution in [1.82, 2.24) is 19.5 Å². The first-order chi connectivity index (χ1) is 13.8. The molecule has 3 aromatic rings. The molecule has 0 aliphatic heterocycles. The van der Waals surface area contributed by atoms with Crippen LogP contribution in [0.5, 0.6) is 0 Å². The Morgan fingerprint density at radius 2 is 1.90 bits per heavy atom. The van der Waals surface area contributed by atoms with Crippen LogP contribution in [0.25, 0.3) is 11.2 Å². The molecule has 2 heterocycles. The van der Waals surface area contributed by atoms with Crippen LogP contribution in [0.3, 0.4) is 0 Å². The van der Waals surface area contributed by atoms with Crippen LogP contribution < -0.4 is 5.32 Å². The van der Waals surface area contributed by atoms with Crippen molar-refractivity contribution < 1.29 is 13.2 Å². The van der Waals surface area contributed by atoms with Gasteiger partial charge >= 0.3 is 6.18 Å². The third-order valence-electron chi connectivity index (χ3n) is 5.40. The zero-order valence-electron chi connectivity index (χ0n) is 15.9. The van der Waals surface area contributed by atoms with Crippen molar-refractivity contribution in [3.8, 4) is 0 Å². The molecule has 0 bridgehead atoms. The van der Waals surface area contributed by atoms with Crippen molar-refractivity contribution in [1.29, 1.82) is 0 Å². The molecular weight excluding hydrogens is 403 g/mol. The van der Waals surface area contributed by atoms with Crippen LogP contribution in [0, 0.1) is 11.8 Å². The van der Waals surface area contributed by atoms with Crippen molar-refractivity contribution in [2.75, 3.05) is 11.9 Å². The largest absolute Gasteiger partial charge is 0.416 e. The molecule has 29 heavy (non-hydrogen) atoms. The molecule has 154 valence electrons. The summed E-state index contributed by atoms with van der Waals surface area (Å²) in [5.74, 6) is 2.14. The normalized spacial score (nSPS) is 19.3. The lowest BCUT2D eigenvalue weighted by Crippen LogP contribution is -2.23. The molecule has 9 heteroatoms. The van der Waals surface area contributed by atoms with Gasteiger partial charge in [0.2, 0.25) is 5.28 Å². The highest BCUT2D eigenvalue weighted by Crippen LogP contribution is 2.35. The molecule has 2 aromatic heterocycles. The molecule has 0 amide bonds. The van der Waals surface area contributed by atoms with Gasteiger partial charge in [0.05, 0.1) is 11.9 Å². The lowest BCUT2D eigenvalue weighted by molar-refractivity contribution is -0.137. The number of alkyl halides is 3. The second-order valence-corrected chi connectivity index (χ2v) is 8.08. The van der Waals surface area contributed by atoms with Crippen LogP contribution in [0.15, 0.2) is 30.6 Å². The maximum absolute atomic E-state index is 12.8. The second-order valence-electron chi connectivity index (χ2n) is 7.74. The van der Waals surface area contributed by atoms with E-state index in [-0.39, 0.29) is 5.28 Å². The van der Waals surface area contributed by atoms with E-state index in [1.165, 1.54) is 25.0 Å². The van der Waals surface area contributed by atoms with Gasteiger partial charge in [0.15, 0.2) is 11.5 Å². The first-order valence-electron chi connectivity index (χ1n) is 9.58. The Bertz CT molecular complexity index is 994. The number of nitrogens with one attached hydrogen (secondary N) is 1. The summed E-state index contributed by atoms with van der Waals surface area (Å²) in [6.45, 7) is 3.39. The van der Waals surface area contributed by atoms with Crippen molar-refractivity contribution in [2.24, 2.45) is 11.8 Å². The topological polar surface area (TPSA) is 55.6 Å². The van der Waals surface area contributed by atoms with Gasteiger partial charge in [-0.2, -0.15) is 23.1 Å². The van der Waals surface area contributed by atoms with Crippen LogP contribution in [0.4, 0.5) is 19.0 Å². The molecule has 1 aliphatic carbocycles. The van der Waals surface area contributed by atoms with Gasteiger partial charge in [0.1, 0.15) is 5.52 Å². The summed E-state index contributed by atoms with van der Waals surface area (Å²) >= 11 is 6.03. The van der Waals surface area contributed by atoms with E-state index in [9.17, 15) is 13.2 Å². The Kier molecular flexibility index (Phi) is 5.38. The Hall–Kier alpha value is -2.35. The molecule has 1 saturated carbocycles. The van der Waals surface area contributed by atoms with Crippen molar-refractivity contribution in [3.05, 3.63) is 47.0 Å². The Morgan fingerprint density at radius 1 is 1.17 bits per heavy atom. The quantitative estimate of drug-likeness (QED) is 0.540. The van der Waals surface area contributed by atoms with Crippen LogP contribution >= 0.6 is 11.6 Å². The summed E-state index contributed by atoms with van der Waals surface area (Å²) in [4.78, 5) is 12.8. The van der Waals surface area contributed by atoms with Crippen molar-refractivity contribution in [2.45, 2.75) is 38.9 Å². The fraction of sp³-hybridized carbons (Fsp3) is 0.450. The molecule has 1 N–H and O–H groups in total. The predicted octanol–water partition coefficient (Wildman–Crippen LogP) is 5.39. The monoisotopic (exact) mass is 423 g/mol. The summed E-state index contributed by atoms with van der Waals surface area (Å²) < 4.78 is 40.1. The summed E-state index contributed by atoms with van der Waals surface area (Å²) in [7, 11) is 0. The summed E-state index contributed by atoms with van der Waals surface area (Å²) in [6, 6.07) is 5.10. The van der Waals surface area contributed by atoms with Gasteiger partial charge in [-0.3, -0.25) is 0 Å². The minimum atomic E-state index is -4.35. The summed E-state index contributed by atoms with van der Waals surface area (Å²) in [5.41, 5.74) is 1.20. The fourth-order valence-corrected chi connectivity index (χ4v) is 4.06. The van der Waals surface area contributed by atoms with E-state index >= 15 is 0 Å². The van der Waals surface area contributed by atoms with E-state index in [2.05, 4.69) is 27.2 Å². The number of fused-ring (bicyclic) bond motifs is 1. The van der Waals surface area contributed by atoms with E-state index in [0.29, 0.717) is 23.5 Å². The third kappa shape index (κ3) is 4.47. The first-order valence-corrected chi connectivity index (χ1v) is 9.96. The Morgan fingerprint density at radius 3 is 2.55 bits per heavy atom. The molecule has 0 saturated heterocycles. The van der Waals surface area contributed by atoms with E-state index in [4.69, 9.17) is 11.6 Å². The number of benzene rings is 1. The SMILES string of the molecule is CC1CC(CCNc2nc(Cl)nc3ncn(Cc4ccc(C(F)(F)F)cc4)c23)C1. The van der Waals surface area contributed by atoms with Gasteiger partial charge in [-0.15, -0.1) is 0 Å². The molecule has 1 aromatic carbocycles. The average Bonchev–Trinajstić information content (AvgIpc) is 3.02. The standard InChI is InChI=1S/C20H21ClF3N5/c1-12-8-14(9-12)6-7-25-17-16-18(28-19(21)27-17)26-11-29(16)10-13-2-4-15(5-3-13)20(22,23)24/h2-5,11-12,14H,6-10H2,1H3,(H,25,27,28).